The Bertz CT molecular complexity index is 1110. The quantitative estimate of drug-likeness (QED) is 0.513. The summed E-state index contributed by atoms with van der Waals surface area (Å²) in [6.45, 7) is 4.17. The minimum absolute atomic E-state index is 0.179. The van der Waals surface area contributed by atoms with E-state index in [4.69, 9.17) is 0 Å². The number of nitro groups is 1. The molecule has 0 unspecified atom stereocenters. The summed E-state index contributed by atoms with van der Waals surface area (Å²) >= 11 is 0. The Balaban J connectivity index is 1.94. The van der Waals surface area contributed by atoms with Crippen LogP contribution in [0.25, 0.3) is 11.4 Å². The first-order chi connectivity index (χ1) is 12.8. The first kappa shape index (κ1) is 18.5. The van der Waals surface area contributed by atoms with Crippen molar-refractivity contribution in [3.05, 3.63) is 64.5 Å². The van der Waals surface area contributed by atoms with Crippen molar-refractivity contribution in [2.24, 2.45) is 0 Å². The van der Waals surface area contributed by atoms with E-state index in [1.54, 1.807) is 37.5 Å². The molecule has 9 nitrogen and oxygen atoms in total. The van der Waals surface area contributed by atoms with Gasteiger partial charge in [0, 0.05) is 29.4 Å². The van der Waals surface area contributed by atoms with Gasteiger partial charge in [0.25, 0.3) is 15.7 Å². The zero-order valence-electron chi connectivity index (χ0n) is 14.7. The minimum atomic E-state index is -3.98. The molecular weight excluding hydrogens is 370 g/mol. The maximum Gasteiger partial charge on any atom is 0.273 e. The lowest BCUT2D eigenvalue weighted by Crippen LogP contribution is -2.13. The highest BCUT2D eigenvalue weighted by molar-refractivity contribution is 7.92. The number of aryl methyl sites for hydroxylation is 2. The number of hydrogen-bond donors (Lipinski definition) is 1. The molecule has 0 aliphatic carbocycles. The number of sulfonamides is 1. The molecule has 0 saturated carbocycles. The molecule has 1 aromatic heterocycles. The molecule has 0 aliphatic rings. The largest absolute Gasteiger partial charge is 0.314 e. The van der Waals surface area contributed by atoms with Crippen molar-refractivity contribution in [2.45, 2.75) is 25.3 Å². The van der Waals surface area contributed by atoms with Crippen molar-refractivity contribution < 1.29 is 13.3 Å². The number of benzene rings is 2. The smallest absolute Gasteiger partial charge is 0.273 e. The summed E-state index contributed by atoms with van der Waals surface area (Å²) in [5.41, 5.74) is 1.16. The fraction of sp³-hybridized carbons (Fsp3) is 0.176. The highest BCUT2D eigenvalue weighted by Gasteiger charge is 2.20. The van der Waals surface area contributed by atoms with Gasteiger partial charge in [-0.3, -0.25) is 14.8 Å². The Hall–Kier alpha value is -3.27. The first-order valence-electron chi connectivity index (χ1n) is 8.08. The van der Waals surface area contributed by atoms with Crippen LogP contribution >= 0.6 is 0 Å². The molecule has 3 aromatic rings. The maximum atomic E-state index is 12.6. The van der Waals surface area contributed by atoms with Crippen LogP contribution in [0, 0.1) is 17.0 Å². The summed E-state index contributed by atoms with van der Waals surface area (Å²) in [6, 6.07) is 10.5. The molecule has 0 bridgehead atoms. The van der Waals surface area contributed by atoms with Crippen LogP contribution in [0.5, 0.6) is 0 Å². The maximum absolute atomic E-state index is 12.6. The van der Waals surface area contributed by atoms with Crippen LogP contribution in [0.3, 0.4) is 0 Å². The van der Waals surface area contributed by atoms with E-state index in [2.05, 4.69) is 14.9 Å². The predicted molar refractivity (Wildman–Crippen MR) is 99.8 cm³/mol. The topological polar surface area (TPSA) is 120 Å². The third-order valence-electron chi connectivity index (χ3n) is 4.02. The average molecular weight is 387 g/mol. The van der Waals surface area contributed by atoms with E-state index in [-0.39, 0.29) is 10.6 Å². The van der Waals surface area contributed by atoms with Gasteiger partial charge in [0.2, 0.25) is 0 Å². The van der Waals surface area contributed by atoms with Gasteiger partial charge in [-0.05, 0) is 32.0 Å². The molecule has 0 aliphatic heterocycles. The van der Waals surface area contributed by atoms with Crippen molar-refractivity contribution in [3.63, 3.8) is 0 Å². The summed E-state index contributed by atoms with van der Waals surface area (Å²) < 4.78 is 29.6. The van der Waals surface area contributed by atoms with Crippen LogP contribution in [0.2, 0.25) is 0 Å². The van der Waals surface area contributed by atoms with E-state index in [1.165, 1.54) is 12.1 Å². The Kier molecular flexibility index (Phi) is 4.91. The van der Waals surface area contributed by atoms with Gasteiger partial charge in [0.15, 0.2) is 5.82 Å². The van der Waals surface area contributed by atoms with Gasteiger partial charge < -0.3 is 4.57 Å². The highest BCUT2D eigenvalue weighted by atomic mass is 32.2. The van der Waals surface area contributed by atoms with Crippen molar-refractivity contribution in [1.29, 1.82) is 0 Å². The Morgan fingerprint density at radius 2 is 2.00 bits per heavy atom. The van der Waals surface area contributed by atoms with E-state index in [1.807, 2.05) is 11.5 Å². The predicted octanol–water partition coefficient (Wildman–Crippen LogP) is 2.98. The number of hydrogen-bond acceptors (Lipinski definition) is 6. The third kappa shape index (κ3) is 3.80. The van der Waals surface area contributed by atoms with E-state index in [0.29, 0.717) is 29.2 Å². The van der Waals surface area contributed by atoms with E-state index in [0.717, 1.165) is 6.07 Å². The fourth-order valence-electron chi connectivity index (χ4n) is 2.60. The summed E-state index contributed by atoms with van der Waals surface area (Å²) in [6.07, 6.45) is 1.59. The molecule has 1 heterocycles. The zero-order chi connectivity index (χ0) is 19.6. The normalized spacial score (nSPS) is 11.3. The van der Waals surface area contributed by atoms with Gasteiger partial charge in [-0.2, -0.15) is 0 Å². The standard InChI is InChI=1S/C17H17N5O4S/c1-3-21-11-18-19-17(21)13-5-4-6-14(9-13)20-27(25,26)15-8-7-12(2)16(10-15)22(23)24/h4-11,20H,3H2,1-2H3. The van der Waals surface area contributed by atoms with Crippen molar-refractivity contribution >= 4 is 21.4 Å². The highest BCUT2D eigenvalue weighted by Crippen LogP contribution is 2.26. The van der Waals surface area contributed by atoms with E-state index in [9.17, 15) is 18.5 Å². The number of nitrogens with one attached hydrogen (secondary N) is 1. The van der Waals surface area contributed by atoms with Crippen LogP contribution in [0.4, 0.5) is 11.4 Å². The molecule has 0 spiro atoms. The molecule has 27 heavy (non-hydrogen) atoms. The summed E-state index contributed by atoms with van der Waals surface area (Å²) in [5, 5.41) is 19.0. The zero-order valence-corrected chi connectivity index (χ0v) is 15.5. The summed E-state index contributed by atoms with van der Waals surface area (Å²) in [7, 11) is -3.98. The van der Waals surface area contributed by atoms with Crippen molar-refractivity contribution in [3.8, 4) is 11.4 Å². The van der Waals surface area contributed by atoms with Crippen LogP contribution < -0.4 is 4.72 Å². The van der Waals surface area contributed by atoms with Gasteiger partial charge in [-0.15, -0.1) is 10.2 Å². The Labute approximate surface area is 155 Å². The molecule has 0 saturated heterocycles. The van der Waals surface area contributed by atoms with Crippen LogP contribution in [-0.4, -0.2) is 28.1 Å². The average Bonchev–Trinajstić information content (AvgIpc) is 3.10. The van der Waals surface area contributed by atoms with Crippen LogP contribution in [0.1, 0.15) is 12.5 Å². The number of anilines is 1. The van der Waals surface area contributed by atoms with Crippen molar-refractivity contribution in [1.82, 2.24) is 14.8 Å². The molecule has 0 radical (unpaired) electrons. The molecule has 0 fully saturated rings. The first-order valence-corrected chi connectivity index (χ1v) is 9.56. The van der Waals surface area contributed by atoms with Gasteiger partial charge in [-0.25, -0.2) is 8.42 Å². The van der Waals surface area contributed by atoms with Gasteiger partial charge in [0.05, 0.1) is 9.82 Å². The molecule has 1 N–H and O–H groups in total. The number of nitro benzene ring substituents is 1. The second-order valence-corrected chi connectivity index (χ2v) is 7.51. The third-order valence-corrected chi connectivity index (χ3v) is 5.40. The fourth-order valence-corrected chi connectivity index (χ4v) is 3.67. The molecule has 3 rings (SSSR count). The van der Waals surface area contributed by atoms with Gasteiger partial charge in [-0.1, -0.05) is 18.2 Å². The number of nitrogens with zero attached hydrogens (tertiary/aromatic N) is 4. The molecule has 0 atom stereocenters. The van der Waals surface area contributed by atoms with Crippen LogP contribution in [0.15, 0.2) is 53.7 Å². The van der Waals surface area contributed by atoms with Crippen molar-refractivity contribution in [2.75, 3.05) is 4.72 Å². The number of rotatable bonds is 6. The monoisotopic (exact) mass is 387 g/mol. The van der Waals surface area contributed by atoms with Crippen LogP contribution in [-0.2, 0) is 16.6 Å². The summed E-state index contributed by atoms with van der Waals surface area (Å²) in [5.74, 6) is 0.615. The lowest BCUT2D eigenvalue weighted by molar-refractivity contribution is -0.385. The van der Waals surface area contributed by atoms with E-state index >= 15 is 0 Å². The summed E-state index contributed by atoms with van der Waals surface area (Å²) in [4.78, 5) is 10.3. The molecule has 140 valence electrons. The molecule has 10 heteroatoms. The Morgan fingerprint density at radius 3 is 2.70 bits per heavy atom. The minimum Gasteiger partial charge on any atom is -0.314 e. The second-order valence-electron chi connectivity index (χ2n) is 5.83. The van der Waals surface area contributed by atoms with Gasteiger partial charge in [0.1, 0.15) is 6.33 Å². The SMILES string of the molecule is CCn1cnnc1-c1cccc(NS(=O)(=O)c2ccc(C)c([N+](=O)[O-])c2)c1. The lowest BCUT2D eigenvalue weighted by atomic mass is 10.2. The Morgan fingerprint density at radius 1 is 1.22 bits per heavy atom. The molecule has 0 amide bonds. The lowest BCUT2D eigenvalue weighted by Gasteiger charge is -2.10. The number of aromatic nitrogens is 3. The van der Waals surface area contributed by atoms with E-state index < -0.39 is 14.9 Å². The van der Waals surface area contributed by atoms with Gasteiger partial charge >= 0.3 is 0 Å². The molecular formula is C17H17N5O4S. The molecule has 2 aromatic carbocycles. The second kappa shape index (κ2) is 7.16.